The van der Waals surface area contributed by atoms with E-state index in [1.807, 2.05) is 6.92 Å². The van der Waals surface area contributed by atoms with Gasteiger partial charge in [-0.3, -0.25) is 0 Å². The lowest BCUT2D eigenvalue weighted by Gasteiger charge is -2.34. The summed E-state index contributed by atoms with van der Waals surface area (Å²) in [6.07, 6.45) is 0.787. The molecule has 2 atom stereocenters. The fourth-order valence-electron chi connectivity index (χ4n) is 2.07. The number of rotatable bonds is 2. The van der Waals surface area contributed by atoms with Crippen LogP contribution in [0.5, 0.6) is 0 Å². The fourth-order valence-corrected chi connectivity index (χ4v) is 4.24. The van der Waals surface area contributed by atoms with Crippen LogP contribution in [0.2, 0.25) is 5.02 Å². The molecule has 4 nitrogen and oxygen atoms in total. The van der Waals surface area contributed by atoms with Gasteiger partial charge in [0, 0.05) is 23.6 Å². The van der Waals surface area contributed by atoms with Gasteiger partial charge < -0.3 is 5.73 Å². The third-order valence-corrected chi connectivity index (χ3v) is 6.58. The number of hydrogen-bond donors (Lipinski definition) is 1. The molecule has 1 fully saturated rings. The number of nitrogens with two attached hydrogens (primary N) is 1. The van der Waals surface area contributed by atoms with Crippen LogP contribution in [0.25, 0.3) is 0 Å². The minimum Gasteiger partial charge on any atom is -0.326 e. The van der Waals surface area contributed by atoms with Gasteiger partial charge in [0.15, 0.2) is 0 Å². The van der Waals surface area contributed by atoms with E-state index in [9.17, 15) is 8.42 Å². The summed E-state index contributed by atoms with van der Waals surface area (Å²) in [5.74, 6) is 0.350. The lowest BCUT2D eigenvalue weighted by atomic mass is 9.96. The summed E-state index contributed by atoms with van der Waals surface area (Å²) >= 11 is 9.13. The van der Waals surface area contributed by atoms with Crippen molar-refractivity contribution >= 4 is 37.6 Å². The Balaban J connectivity index is 2.29. The molecule has 7 heteroatoms. The highest BCUT2D eigenvalue weighted by molar-refractivity contribution is 9.10. The van der Waals surface area contributed by atoms with Gasteiger partial charge in [0.2, 0.25) is 10.0 Å². The van der Waals surface area contributed by atoms with Crippen molar-refractivity contribution in [2.45, 2.75) is 24.3 Å². The number of piperidine rings is 1. The van der Waals surface area contributed by atoms with Crippen molar-refractivity contribution in [3.05, 3.63) is 27.7 Å². The van der Waals surface area contributed by atoms with Gasteiger partial charge in [-0.1, -0.05) is 18.5 Å². The summed E-state index contributed by atoms with van der Waals surface area (Å²) in [5.41, 5.74) is 5.96. The highest BCUT2D eigenvalue weighted by atomic mass is 79.9. The molecule has 2 unspecified atom stereocenters. The summed E-state index contributed by atoms with van der Waals surface area (Å²) in [6, 6.07) is 4.51. The van der Waals surface area contributed by atoms with E-state index < -0.39 is 10.0 Å². The topological polar surface area (TPSA) is 63.4 Å². The zero-order valence-electron chi connectivity index (χ0n) is 10.5. The SMILES string of the molecule is CC1CCN(S(=O)(=O)c2ccc(Cl)c(Br)c2)CC1N. The van der Waals surface area contributed by atoms with Crippen LogP contribution in [0.15, 0.2) is 27.6 Å². The minimum absolute atomic E-state index is 0.112. The van der Waals surface area contributed by atoms with Crippen molar-refractivity contribution in [2.24, 2.45) is 11.7 Å². The van der Waals surface area contributed by atoms with Gasteiger partial charge in [0.1, 0.15) is 0 Å². The number of hydrogen-bond acceptors (Lipinski definition) is 3. The van der Waals surface area contributed by atoms with Crippen LogP contribution in [-0.2, 0) is 10.0 Å². The van der Waals surface area contributed by atoms with E-state index in [4.69, 9.17) is 17.3 Å². The molecule has 0 amide bonds. The molecular weight excluding hydrogens is 352 g/mol. The maximum atomic E-state index is 12.5. The quantitative estimate of drug-likeness (QED) is 0.873. The van der Waals surface area contributed by atoms with Crippen LogP contribution in [0.4, 0.5) is 0 Å². The first-order valence-electron chi connectivity index (χ1n) is 6.03. The van der Waals surface area contributed by atoms with Crippen molar-refractivity contribution < 1.29 is 8.42 Å². The second kappa shape index (κ2) is 5.69. The predicted molar refractivity (Wildman–Crippen MR) is 79.7 cm³/mol. The molecule has 2 N–H and O–H groups in total. The molecular formula is C12H16BrClN2O2S. The molecule has 2 rings (SSSR count). The van der Waals surface area contributed by atoms with Crippen molar-refractivity contribution in [3.63, 3.8) is 0 Å². The number of halogens is 2. The summed E-state index contributed by atoms with van der Waals surface area (Å²) < 4.78 is 27.0. The number of nitrogens with zero attached hydrogens (tertiary/aromatic N) is 1. The van der Waals surface area contributed by atoms with E-state index in [0.29, 0.717) is 28.5 Å². The molecule has 0 radical (unpaired) electrons. The Hall–Kier alpha value is -0.140. The van der Waals surface area contributed by atoms with E-state index in [1.165, 1.54) is 16.4 Å². The number of benzene rings is 1. The molecule has 1 aliphatic heterocycles. The first-order chi connectivity index (χ1) is 8.82. The average Bonchev–Trinajstić information content (AvgIpc) is 2.35. The van der Waals surface area contributed by atoms with Crippen molar-refractivity contribution in [1.82, 2.24) is 4.31 Å². The Kier molecular flexibility index (Phi) is 4.57. The van der Waals surface area contributed by atoms with Crippen LogP contribution < -0.4 is 5.73 Å². The second-order valence-corrected chi connectivity index (χ2v) is 8.07. The molecule has 1 aromatic rings. The van der Waals surface area contributed by atoms with Crippen molar-refractivity contribution in [2.75, 3.05) is 13.1 Å². The van der Waals surface area contributed by atoms with Gasteiger partial charge in [-0.05, 0) is 46.5 Å². The Morgan fingerprint density at radius 3 is 2.74 bits per heavy atom. The zero-order chi connectivity index (χ0) is 14.2. The average molecular weight is 368 g/mol. The summed E-state index contributed by atoms with van der Waals surface area (Å²) in [6.45, 7) is 2.93. The highest BCUT2D eigenvalue weighted by Gasteiger charge is 2.32. The van der Waals surface area contributed by atoms with Crippen molar-refractivity contribution in [3.8, 4) is 0 Å². The lowest BCUT2D eigenvalue weighted by Crippen LogP contribution is -2.49. The Labute approximate surface area is 127 Å². The van der Waals surface area contributed by atoms with Gasteiger partial charge in [0.25, 0.3) is 0 Å². The molecule has 0 spiro atoms. The van der Waals surface area contributed by atoms with Crippen LogP contribution in [0.3, 0.4) is 0 Å². The molecule has 19 heavy (non-hydrogen) atoms. The van der Waals surface area contributed by atoms with E-state index >= 15 is 0 Å². The zero-order valence-corrected chi connectivity index (χ0v) is 13.7. The van der Waals surface area contributed by atoms with E-state index in [0.717, 1.165) is 6.42 Å². The Morgan fingerprint density at radius 1 is 1.47 bits per heavy atom. The smallest absolute Gasteiger partial charge is 0.243 e. The van der Waals surface area contributed by atoms with Gasteiger partial charge in [-0.25, -0.2) is 8.42 Å². The maximum absolute atomic E-state index is 12.5. The first kappa shape index (κ1) is 15.3. The summed E-state index contributed by atoms with van der Waals surface area (Å²) in [4.78, 5) is 0.241. The van der Waals surface area contributed by atoms with Gasteiger partial charge in [0.05, 0.1) is 9.92 Å². The molecule has 1 heterocycles. The van der Waals surface area contributed by atoms with Gasteiger partial charge >= 0.3 is 0 Å². The monoisotopic (exact) mass is 366 g/mol. The molecule has 0 saturated carbocycles. The minimum atomic E-state index is -3.49. The highest BCUT2D eigenvalue weighted by Crippen LogP contribution is 2.28. The Morgan fingerprint density at radius 2 is 2.16 bits per heavy atom. The van der Waals surface area contributed by atoms with E-state index in [1.54, 1.807) is 6.07 Å². The lowest BCUT2D eigenvalue weighted by molar-refractivity contribution is 0.253. The normalized spacial score (nSPS) is 25.5. The first-order valence-corrected chi connectivity index (χ1v) is 8.64. The van der Waals surface area contributed by atoms with Gasteiger partial charge in [-0.15, -0.1) is 0 Å². The largest absolute Gasteiger partial charge is 0.326 e. The molecule has 0 aromatic heterocycles. The third-order valence-electron chi connectivity index (χ3n) is 3.51. The van der Waals surface area contributed by atoms with Gasteiger partial charge in [-0.2, -0.15) is 4.31 Å². The van der Waals surface area contributed by atoms with Crippen LogP contribution in [-0.4, -0.2) is 31.9 Å². The number of sulfonamides is 1. The van der Waals surface area contributed by atoms with E-state index in [2.05, 4.69) is 15.9 Å². The molecule has 1 saturated heterocycles. The molecule has 0 aliphatic carbocycles. The van der Waals surface area contributed by atoms with Crippen LogP contribution in [0.1, 0.15) is 13.3 Å². The maximum Gasteiger partial charge on any atom is 0.243 e. The predicted octanol–water partition coefficient (Wildman–Crippen LogP) is 2.46. The second-order valence-electron chi connectivity index (χ2n) is 4.87. The van der Waals surface area contributed by atoms with Crippen LogP contribution >= 0.6 is 27.5 Å². The molecule has 1 aliphatic rings. The van der Waals surface area contributed by atoms with Crippen LogP contribution in [0, 0.1) is 5.92 Å². The summed E-state index contributed by atoms with van der Waals surface area (Å²) in [7, 11) is -3.49. The fraction of sp³-hybridized carbons (Fsp3) is 0.500. The molecule has 106 valence electrons. The molecule has 1 aromatic carbocycles. The third kappa shape index (κ3) is 3.13. The molecule has 0 bridgehead atoms. The van der Waals surface area contributed by atoms with E-state index in [-0.39, 0.29) is 10.9 Å². The summed E-state index contributed by atoms with van der Waals surface area (Å²) in [5, 5.41) is 0.489. The standard InChI is InChI=1S/C12H16BrClN2O2S/c1-8-4-5-16(7-12(8)15)19(17,18)9-2-3-11(14)10(13)6-9/h2-3,6,8,12H,4-5,7,15H2,1H3. The Bertz CT molecular complexity index is 579. The van der Waals surface area contributed by atoms with Crippen molar-refractivity contribution in [1.29, 1.82) is 0 Å².